The third-order valence-corrected chi connectivity index (χ3v) is 4.85. The van der Waals surface area contributed by atoms with E-state index in [0.717, 1.165) is 25.2 Å². The van der Waals surface area contributed by atoms with E-state index in [9.17, 15) is 4.39 Å². The van der Waals surface area contributed by atoms with E-state index in [2.05, 4.69) is 26.4 Å². The van der Waals surface area contributed by atoms with Crippen LogP contribution in [0.2, 0.25) is 5.02 Å². The summed E-state index contributed by atoms with van der Waals surface area (Å²) in [4.78, 5) is 6.84. The number of hydrogen-bond acceptors (Lipinski definition) is 4. The highest BCUT2D eigenvalue weighted by molar-refractivity contribution is 6.31. The van der Waals surface area contributed by atoms with Crippen molar-refractivity contribution in [1.29, 1.82) is 0 Å². The summed E-state index contributed by atoms with van der Waals surface area (Å²) < 4.78 is 15.2. The molecular weight excluding hydrogens is 341 g/mol. The molecule has 0 amide bonds. The summed E-state index contributed by atoms with van der Waals surface area (Å²) in [6.45, 7) is 3.13. The maximum atomic E-state index is 13.4. The van der Waals surface area contributed by atoms with Gasteiger partial charge < -0.3 is 5.32 Å². The van der Waals surface area contributed by atoms with Crippen molar-refractivity contribution in [3.8, 4) is 0 Å². The molecule has 3 heterocycles. The van der Waals surface area contributed by atoms with Crippen molar-refractivity contribution in [2.24, 2.45) is 0 Å². The number of rotatable bonds is 4. The molecule has 1 aliphatic heterocycles. The summed E-state index contributed by atoms with van der Waals surface area (Å²) in [5.41, 5.74) is 2.81. The Balaban J connectivity index is 1.65. The van der Waals surface area contributed by atoms with Gasteiger partial charge in [0, 0.05) is 18.4 Å². The molecule has 0 spiro atoms. The fourth-order valence-corrected chi connectivity index (χ4v) is 3.49. The first-order valence-electron chi connectivity index (χ1n) is 8.46. The molecule has 1 N–H and O–H groups in total. The number of anilines is 2. The molecule has 0 radical (unpaired) electrons. The molecule has 4 rings (SSSR count). The van der Waals surface area contributed by atoms with Crippen molar-refractivity contribution in [2.75, 3.05) is 18.4 Å². The van der Waals surface area contributed by atoms with Crippen molar-refractivity contribution in [3.05, 3.63) is 53.2 Å². The highest BCUT2D eigenvalue weighted by atomic mass is 35.5. The van der Waals surface area contributed by atoms with Crippen LogP contribution in [0.1, 0.15) is 24.8 Å². The van der Waals surface area contributed by atoms with Crippen LogP contribution in [0.3, 0.4) is 0 Å². The van der Waals surface area contributed by atoms with Gasteiger partial charge in [0.25, 0.3) is 0 Å². The second-order valence-corrected chi connectivity index (χ2v) is 6.74. The van der Waals surface area contributed by atoms with Crippen LogP contribution in [-0.4, -0.2) is 32.6 Å². The lowest BCUT2D eigenvalue weighted by atomic mass is 10.1. The van der Waals surface area contributed by atoms with Gasteiger partial charge >= 0.3 is 0 Å². The monoisotopic (exact) mass is 359 g/mol. The number of halogens is 2. The predicted octanol–water partition coefficient (Wildman–Crippen LogP) is 4.25. The maximum Gasteiger partial charge on any atom is 0.158 e. The largest absolute Gasteiger partial charge is 0.338 e. The van der Waals surface area contributed by atoms with E-state index >= 15 is 0 Å². The molecule has 3 aromatic rings. The molecule has 0 aliphatic carbocycles. The number of hydrogen-bond donors (Lipinski definition) is 1. The predicted molar refractivity (Wildman–Crippen MR) is 96.8 cm³/mol. The van der Waals surface area contributed by atoms with E-state index < -0.39 is 5.82 Å². The summed E-state index contributed by atoms with van der Waals surface area (Å²) in [6.07, 6.45) is 7.27. The first kappa shape index (κ1) is 16.3. The second-order valence-electron chi connectivity index (χ2n) is 6.33. The van der Waals surface area contributed by atoms with Crippen molar-refractivity contribution < 1.29 is 4.39 Å². The van der Waals surface area contributed by atoms with E-state index in [-0.39, 0.29) is 5.02 Å². The third-order valence-electron chi connectivity index (χ3n) is 4.56. The lowest BCUT2D eigenvalue weighted by Gasteiger charge is -2.26. The van der Waals surface area contributed by atoms with Crippen molar-refractivity contribution in [1.82, 2.24) is 19.5 Å². The molecule has 130 valence electrons. The highest BCUT2D eigenvalue weighted by Gasteiger charge is 2.16. The van der Waals surface area contributed by atoms with Gasteiger partial charge in [0.2, 0.25) is 0 Å². The normalized spacial score (nSPS) is 15.6. The smallest absolute Gasteiger partial charge is 0.158 e. The van der Waals surface area contributed by atoms with Crippen LogP contribution in [0.5, 0.6) is 0 Å². The number of fused-ring (bicyclic) bond motifs is 1. The van der Waals surface area contributed by atoms with E-state index in [4.69, 9.17) is 11.6 Å². The Hall–Kier alpha value is -2.18. The number of nitrogens with zero attached hydrogens (tertiary/aromatic N) is 4. The molecule has 0 bridgehead atoms. The summed E-state index contributed by atoms with van der Waals surface area (Å²) >= 11 is 5.88. The standard InChI is InChI=1S/C18H19ClFN5/c19-15-10-14(4-5-16(15)20)23-18-17-13(6-9-25(17)22-12-21-18)11-24-7-2-1-3-8-24/h4-6,9-10,12H,1-3,7-8,11H2,(H,21,22,23). The number of piperidine rings is 1. The molecule has 2 aromatic heterocycles. The van der Waals surface area contributed by atoms with Gasteiger partial charge in [-0.25, -0.2) is 13.9 Å². The number of benzene rings is 1. The van der Waals surface area contributed by atoms with Gasteiger partial charge in [0.15, 0.2) is 5.82 Å². The topological polar surface area (TPSA) is 45.5 Å². The van der Waals surface area contributed by atoms with Gasteiger partial charge in [-0.15, -0.1) is 0 Å². The molecular formula is C18H19ClFN5. The van der Waals surface area contributed by atoms with Crippen LogP contribution in [0.4, 0.5) is 15.9 Å². The summed E-state index contributed by atoms with van der Waals surface area (Å²) in [7, 11) is 0. The van der Waals surface area contributed by atoms with Crippen molar-refractivity contribution >= 4 is 28.6 Å². The molecule has 7 heteroatoms. The second kappa shape index (κ2) is 6.98. The number of aromatic nitrogens is 3. The van der Waals surface area contributed by atoms with Gasteiger partial charge in [-0.3, -0.25) is 4.90 Å². The molecule has 1 fully saturated rings. The first-order chi connectivity index (χ1) is 12.2. The Morgan fingerprint density at radius 2 is 2.00 bits per heavy atom. The highest BCUT2D eigenvalue weighted by Crippen LogP contribution is 2.27. The van der Waals surface area contributed by atoms with Gasteiger partial charge in [-0.2, -0.15) is 5.10 Å². The Morgan fingerprint density at radius 3 is 2.80 bits per heavy atom. The third kappa shape index (κ3) is 3.45. The van der Waals surface area contributed by atoms with E-state index in [1.807, 2.05) is 10.7 Å². The number of nitrogens with one attached hydrogen (secondary N) is 1. The minimum Gasteiger partial charge on any atom is -0.338 e. The minimum absolute atomic E-state index is 0.0824. The van der Waals surface area contributed by atoms with Crippen LogP contribution in [0, 0.1) is 5.82 Å². The Morgan fingerprint density at radius 1 is 1.16 bits per heavy atom. The van der Waals surface area contributed by atoms with Crippen LogP contribution in [0.15, 0.2) is 36.8 Å². The van der Waals surface area contributed by atoms with Crippen LogP contribution < -0.4 is 5.32 Å². The zero-order chi connectivity index (χ0) is 17.2. The van der Waals surface area contributed by atoms with Gasteiger partial charge in [0.1, 0.15) is 17.7 Å². The Bertz CT molecular complexity index is 888. The Labute approximate surface area is 150 Å². The lowest BCUT2D eigenvalue weighted by Crippen LogP contribution is -2.29. The fourth-order valence-electron chi connectivity index (χ4n) is 3.31. The summed E-state index contributed by atoms with van der Waals surface area (Å²) in [5, 5.41) is 7.61. The van der Waals surface area contributed by atoms with Gasteiger partial charge in [-0.05, 0) is 55.8 Å². The molecule has 25 heavy (non-hydrogen) atoms. The van der Waals surface area contributed by atoms with Crippen LogP contribution in [-0.2, 0) is 6.54 Å². The average Bonchev–Trinajstić information content (AvgIpc) is 3.03. The molecule has 0 saturated carbocycles. The molecule has 1 saturated heterocycles. The van der Waals surface area contributed by atoms with Crippen LogP contribution >= 0.6 is 11.6 Å². The van der Waals surface area contributed by atoms with Crippen molar-refractivity contribution in [2.45, 2.75) is 25.8 Å². The van der Waals surface area contributed by atoms with Crippen molar-refractivity contribution in [3.63, 3.8) is 0 Å². The van der Waals surface area contributed by atoms with Gasteiger partial charge in [0.05, 0.1) is 5.02 Å². The zero-order valence-electron chi connectivity index (χ0n) is 13.8. The van der Waals surface area contributed by atoms with Gasteiger partial charge in [-0.1, -0.05) is 18.0 Å². The maximum absolute atomic E-state index is 13.4. The molecule has 0 unspecified atom stereocenters. The van der Waals surface area contributed by atoms with E-state index in [1.165, 1.54) is 37.2 Å². The van der Waals surface area contributed by atoms with Crippen LogP contribution in [0.25, 0.3) is 5.52 Å². The zero-order valence-corrected chi connectivity index (χ0v) is 14.5. The SMILES string of the molecule is Fc1ccc(Nc2ncnn3ccc(CN4CCCCC4)c23)cc1Cl. The average molecular weight is 360 g/mol. The Kier molecular flexibility index (Phi) is 4.55. The molecule has 1 aliphatic rings. The fraction of sp³-hybridized carbons (Fsp3) is 0.333. The summed E-state index contributed by atoms with van der Waals surface area (Å²) in [6, 6.07) is 6.63. The summed E-state index contributed by atoms with van der Waals surface area (Å²) in [5.74, 6) is 0.253. The molecule has 1 aromatic carbocycles. The molecule has 5 nitrogen and oxygen atoms in total. The quantitative estimate of drug-likeness (QED) is 0.756. The van der Waals surface area contributed by atoms with E-state index in [0.29, 0.717) is 11.5 Å². The van der Waals surface area contributed by atoms with E-state index in [1.54, 1.807) is 12.1 Å². The molecule has 0 atom stereocenters. The number of likely N-dealkylation sites (tertiary alicyclic amines) is 1. The minimum atomic E-state index is -0.437. The lowest BCUT2D eigenvalue weighted by molar-refractivity contribution is 0.221. The first-order valence-corrected chi connectivity index (χ1v) is 8.84.